The summed E-state index contributed by atoms with van der Waals surface area (Å²) in [5.74, 6) is 0.336. The Bertz CT molecular complexity index is 1250. The summed E-state index contributed by atoms with van der Waals surface area (Å²) in [5.41, 5.74) is 1.18. The number of halogens is 1. The molecule has 0 atom stereocenters. The standard InChI is InChI=1S/C24H23FN6OS2/c25-20-10-5-4-9-19(20)22-27-28-24(31(22)18-7-2-1-3-8-18)34-17-21(32)29-12-6-13-30(15-14-29)23-26-11-16-33-23/h1-5,7-11,16H,6,12-15,17H2. The van der Waals surface area contributed by atoms with E-state index < -0.39 is 0 Å². The van der Waals surface area contributed by atoms with Crippen molar-refractivity contribution in [2.45, 2.75) is 11.6 Å². The zero-order valence-electron chi connectivity index (χ0n) is 18.4. The Kier molecular flexibility index (Phi) is 6.87. The smallest absolute Gasteiger partial charge is 0.233 e. The van der Waals surface area contributed by atoms with Gasteiger partial charge in [-0.05, 0) is 30.7 Å². The van der Waals surface area contributed by atoms with Crippen molar-refractivity contribution in [3.05, 3.63) is 72.0 Å². The van der Waals surface area contributed by atoms with Gasteiger partial charge in [0.05, 0.1) is 11.3 Å². The van der Waals surface area contributed by atoms with Gasteiger partial charge in [0.2, 0.25) is 5.91 Å². The summed E-state index contributed by atoms with van der Waals surface area (Å²) in [6.07, 6.45) is 2.70. The van der Waals surface area contributed by atoms with E-state index in [1.54, 1.807) is 29.5 Å². The highest BCUT2D eigenvalue weighted by atomic mass is 32.2. The number of thiazole rings is 1. The van der Waals surface area contributed by atoms with Crippen LogP contribution in [0.3, 0.4) is 0 Å². The molecule has 3 heterocycles. The first-order chi connectivity index (χ1) is 16.7. The lowest BCUT2D eigenvalue weighted by Gasteiger charge is -2.21. The SMILES string of the molecule is O=C(CSc1nnc(-c2ccccc2F)n1-c1ccccc1)N1CCCN(c2nccs2)CC1. The summed E-state index contributed by atoms with van der Waals surface area (Å²) in [5, 5.41) is 12.1. The minimum absolute atomic E-state index is 0.0565. The number of thioether (sulfide) groups is 1. The fourth-order valence-corrected chi connectivity index (χ4v) is 5.49. The monoisotopic (exact) mass is 494 g/mol. The van der Waals surface area contributed by atoms with Crippen molar-refractivity contribution >= 4 is 34.1 Å². The molecule has 0 N–H and O–H groups in total. The topological polar surface area (TPSA) is 67.2 Å². The normalized spacial score (nSPS) is 14.3. The Morgan fingerprint density at radius 1 is 1.00 bits per heavy atom. The summed E-state index contributed by atoms with van der Waals surface area (Å²) < 4.78 is 16.4. The number of hydrogen-bond donors (Lipinski definition) is 0. The lowest BCUT2D eigenvalue weighted by atomic mass is 10.2. The number of carbonyl (C=O) groups excluding carboxylic acids is 1. The van der Waals surface area contributed by atoms with E-state index in [1.165, 1.54) is 17.8 Å². The van der Waals surface area contributed by atoms with E-state index in [9.17, 15) is 9.18 Å². The van der Waals surface area contributed by atoms with Crippen molar-refractivity contribution in [1.82, 2.24) is 24.6 Å². The first-order valence-electron chi connectivity index (χ1n) is 11.0. The predicted molar refractivity (Wildman–Crippen MR) is 133 cm³/mol. The van der Waals surface area contributed by atoms with Crippen LogP contribution in [-0.2, 0) is 4.79 Å². The molecule has 34 heavy (non-hydrogen) atoms. The summed E-state index contributed by atoms with van der Waals surface area (Å²) in [6.45, 7) is 3.03. The van der Waals surface area contributed by atoms with Crippen molar-refractivity contribution < 1.29 is 9.18 Å². The average Bonchev–Trinajstić information content (AvgIpc) is 3.48. The van der Waals surface area contributed by atoms with Gasteiger partial charge in [-0.1, -0.05) is 42.1 Å². The van der Waals surface area contributed by atoms with Gasteiger partial charge in [0.25, 0.3) is 0 Å². The van der Waals surface area contributed by atoms with E-state index in [4.69, 9.17) is 0 Å². The van der Waals surface area contributed by atoms with Gasteiger partial charge in [-0.15, -0.1) is 21.5 Å². The van der Waals surface area contributed by atoms with Crippen LogP contribution in [0, 0.1) is 5.82 Å². The number of benzene rings is 2. The third-order valence-corrected chi connectivity index (χ3v) is 7.37. The van der Waals surface area contributed by atoms with Gasteiger partial charge in [0.1, 0.15) is 5.82 Å². The van der Waals surface area contributed by atoms with Gasteiger partial charge in [-0.25, -0.2) is 9.37 Å². The molecule has 0 spiro atoms. The van der Waals surface area contributed by atoms with E-state index in [2.05, 4.69) is 20.1 Å². The fourth-order valence-electron chi connectivity index (χ4n) is 3.94. The second kappa shape index (κ2) is 10.4. The molecule has 1 aliphatic rings. The molecule has 174 valence electrons. The van der Waals surface area contributed by atoms with Gasteiger partial charge in [-0.2, -0.15) is 0 Å². The zero-order chi connectivity index (χ0) is 23.3. The van der Waals surface area contributed by atoms with Gasteiger partial charge in [-0.3, -0.25) is 9.36 Å². The molecule has 10 heteroatoms. The first-order valence-corrected chi connectivity index (χ1v) is 12.9. The van der Waals surface area contributed by atoms with Crippen LogP contribution >= 0.6 is 23.1 Å². The van der Waals surface area contributed by atoms with Crippen LogP contribution < -0.4 is 4.90 Å². The quantitative estimate of drug-likeness (QED) is 0.371. The maximum Gasteiger partial charge on any atom is 0.233 e. The lowest BCUT2D eigenvalue weighted by molar-refractivity contribution is -0.128. The van der Waals surface area contributed by atoms with Crippen LogP contribution in [0.5, 0.6) is 0 Å². The molecule has 1 aliphatic heterocycles. The number of anilines is 1. The van der Waals surface area contributed by atoms with Crippen molar-refractivity contribution in [3.63, 3.8) is 0 Å². The third kappa shape index (κ3) is 4.83. The van der Waals surface area contributed by atoms with Crippen LogP contribution in [0.25, 0.3) is 17.1 Å². The van der Waals surface area contributed by atoms with Crippen molar-refractivity contribution in [2.75, 3.05) is 36.8 Å². The number of carbonyl (C=O) groups is 1. The van der Waals surface area contributed by atoms with Crippen LogP contribution in [0.2, 0.25) is 0 Å². The molecule has 1 fully saturated rings. The second-order valence-electron chi connectivity index (χ2n) is 7.78. The van der Waals surface area contributed by atoms with Gasteiger partial charge >= 0.3 is 0 Å². The lowest BCUT2D eigenvalue weighted by Crippen LogP contribution is -2.36. The Labute approximate surface area is 205 Å². The summed E-state index contributed by atoms with van der Waals surface area (Å²) in [4.78, 5) is 21.6. The number of nitrogens with zero attached hydrogens (tertiary/aromatic N) is 6. The first kappa shape index (κ1) is 22.5. The van der Waals surface area contributed by atoms with Crippen LogP contribution in [0.15, 0.2) is 71.3 Å². The molecule has 2 aromatic heterocycles. The number of amides is 1. The van der Waals surface area contributed by atoms with Crippen molar-refractivity contribution in [1.29, 1.82) is 0 Å². The van der Waals surface area contributed by atoms with E-state index in [-0.39, 0.29) is 17.5 Å². The molecule has 1 saturated heterocycles. The number of hydrogen-bond acceptors (Lipinski definition) is 7. The fraction of sp³-hybridized carbons (Fsp3) is 0.250. The molecular formula is C24H23FN6OS2. The molecule has 0 aliphatic carbocycles. The molecule has 0 unspecified atom stereocenters. The molecule has 5 rings (SSSR count). The summed E-state index contributed by atoms with van der Waals surface area (Å²) in [7, 11) is 0. The second-order valence-corrected chi connectivity index (χ2v) is 9.60. The number of aromatic nitrogens is 4. The zero-order valence-corrected chi connectivity index (χ0v) is 20.0. The summed E-state index contributed by atoms with van der Waals surface area (Å²) in [6, 6.07) is 16.1. The summed E-state index contributed by atoms with van der Waals surface area (Å²) >= 11 is 2.94. The molecule has 0 saturated carbocycles. The molecule has 7 nitrogen and oxygen atoms in total. The van der Waals surface area contributed by atoms with E-state index in [0.717, 1.165) is 30.3 Å². The maximum absolute atomic E-state index is 14.6. The Balaban J connectivity index is 1.33. The molecule has 4 aromatic rings. The van der Waals surface area contributed by atoms with E-state index >= 15 is 0 Å². The van der Waals surface area contributed by atoms with Crippen molar-refractivity contribution in [2.24, 2.45) is 0 Å². The Morgan fingerprint density at radius 2 is 1.82 bits per heavy atom. The highest BCUT2D eigenvalue weighted by Gasteiger charge is 2.23. The third-order valence-electron chi connectivity index (χ3n) is 5.63. The molecule has 2 aromatic carbocycles. The highest BCUT2D eigenvalue weighted by molar-refractivity contribution is 7.99. The van der Waals surface area contributed by atoms with Crippen molar-refractivity contribution in [3.8, 4) is 17.1 Å². The van der Waals surface area contributed by atoms with Gasteiger partial charge in [0, 0.05) is 43.4 Å². The highest BCUT2D eigenvalue weighted by Crippen LogP contribution is 2.29. The minimum Gasteiger partial charge on any atom is -0.346 e. The molecular weight excluding hydrogens is 471 g/mol. The Hall–Kier alpha value is -3.24. The van der Waals surface area contributed by atoms with E-state index in [0.29, 0.717) is 29.6 Å². The van der Waals surface area contributed by atoms with Crippen LogP contribution in [-0.4, -0.2) is 62.5 Å². The maximum atomic E-state index is 14.6. The Morgan fingerprint density at radius 3 is 2.62 bits per heavy atom. The number of rotatable bonds is 6. The van der Waals surface area contributed by atoms with Gasteiger partial charge in [0.15, 0.2) is 16.1 Å². The molecule has 0 bridgehead atoms. The van der Waals surface area contributed by atoms with E-state index in [1.807, 2.05) is 51.4 Å². The average molecular weight is 495 g/mol. The van der Waals surface area contributed by atoms with Crippen LogP contribution in [0.4, 0.5) is 9.52 Å². The minimum atomic E-state index is -0.367. The molecule has 1 amide bonds. The predicted octanol–water partition coefficient (Wildman–Crippen LogP) is 4.36. The number of para-hydroxylation sites is 1. The largest absolute Gasteiger partial charge is 0.346 e. The van der Waals surface area contributed by atoms with Gasteiger partial charge < -0.3 is 9.80 Å². The van der Waals surface area contributed by atoms with Crippen LogP contribution in [0.1, 0.15) is 6.42 Å². The molecule has 0 radical (unpaired) electrons.